The zero-order chi connectivity index (χ0) is 15.3. The fraction of sp³-hybridized carbons (Fsp3) is 0.500. The summed E-state index contributed by atoms with van der Waals surface area (Å²) >= 11 is 0. The van der Waals surface area contributed by atoms with Crippen molar-refractivity contribution < 1.29 is 17.5 Å². The zero-order valence-corrected chi connectivity index (χ0v) is 12.9. The number of rotatable bonds is 9. The minimum atomic E-state index is -3.38. The van der Waals surface area contributed by atoms with Gasteiger partial charge in [0.15, 0.2) is 21.4 Å². The first-order chi connectivity index (χ1) is 10.0. The molecule has 1 aromatic carbocycles. The largest absolute Gasteiger partial charge is 0.490 e. The second-order valence-corrected chi connectivity index (χ2v) is 7.56. The average Bonchev–Trinajstić information content (AvgIpc) is 3.27. The van der Waals surface area contributed by atoms with Crippen LogP contribution in [-0.2, 0) is 9.84 Å². The summed E-state index contributed by atoms with van der Waals surface area (Å²) in [6.07, 6.45) is 6.13. The van der Waals surface area contributed by atoms with Gasteiger partial charge in [-0.05, 0) is 50.2 Å². The van der Waals surface area contributed by atoms with Gasteiger partial charge in [-0.2, -0.15) is 0 Å². The molecule has 0 bridgehead atoms. The molecule has 0 atom stereocenters. The van der Waals surface area contributed by atoms with Crippen LogP contribution in [0.2, 0.25) is 0 Å². The lowest BCUT2D eigenvalue weighted by molar-refractivity contribution is 0.284. The van der Waals surface area contributed by atoms with Gasteiger partial charge in [-0.3, -0.25) is 0 Å². The number of unbranched alkanes of at least 4 members (excludes halogenated alkanes) is 2. The van der Waals surface area contributed by atoms with Crippen molar-refractivity contribution in [3.63, 3.8) is 0 Å². The summed E-state index contributed by atoms with van der Waals surface area (Å²) in [5.41, 5.74) is 0. The minimum Gasteiger partial charge on any atom is -0.490 e. The Balaban J connectivity index is 2.03. The quantitative estimate of drug-likeness (QED) is 0.396. The van der Waals surface area contributed by atoms with Crippen molar-refractivity contribution in [2.24, 2.45) is 5.92 Å². The molecule has 1 aromatic rings. The van der Waals surface area contributed by atoms with E-state index in [2.05, 4.69) is 6.58 Å². The smallest absolute Gasteiger partial charge is 0.178 e. The summed E-state index contributed by atoms with van der Waals surface area (Å²) in [4.78, 5) is 0.133. The van der Waals surface area contributed by atoms with Crippen LogP contribution >= 0.6 is 0 Å². The van der Waals surface area contributed by atoms with E-state index in [1.165, 1.54) is 18.2 Å². The maximum absolute atomic E-state index is 13.7. The Morgan fingerprint density at radius 1 is 1.33 bits per heavy atom. The van der Waals surface area contributed by atoms with Crippen LogP contribution in [0.15, 0.2) is 35.7 Å². The lowest BCUT2D eigenvalue weighted by Crippen LogP contribution is -2.08. The summed E-state index contributed by atoms with van der Waals surface area (Å²) in [6, 6.07) is 3.78. The van der Waals surface area contributed by atoms with E-state index in [4.69, 9.17) is 4.74 Å². The maximum atomic E-state index is 13.7. The standard InChI is InChI=1S/C16H21FO3S/c1-2-3-4-5-10-21(18,19)14-8-9-15(17)16(11-14)20-12-13-6-7-13/h2,8-9,11,13H,1,3-7,10,12H2. The van der Waals surface area contributed by atoms with Crippen molar-refractivity contribution in [2.75, 3.05) is 12.4 Å². The normalized spacial score (nSPS) is 14.9. The van der Waals surface area contributed by atoms with Gasteiger partial charge in [0, 0.05) is 6.07 Å². The molecule has 0 unspecified atom stereocenters. The van der Waals surface area contributed by atoms with Crippen LogP contribution in [0.3, 0.4) is 0 Å². The van der Waals surface area contributed by atoms with E-state index in [1.807, 2.05) is 0 Å². The first kappa shape index (κ1) is 16.0. The van der Waals surface area contributed by atoms with Crippen molar-refractivity contribution >= 4 is 9.84 Å². The van der Waals surface area contributed by atoms with Crippen molar-refractivity contribution in [2.45, 2.75) is 37.0 Å². The van der Waals surface area contributed by atoms with E-state index >= 15 is 0 Å². The highest BCUT2D eigenvalue weighted by Crippen LogP contribution is 2.31. The molecule has 0 N–H and O–H groups in total. The van der Waals surface area contributed by atoms with E-state index in [9.17, 15) is 12.8 Å². The molecule has 1 aliphatic carbocycles. The van der Waals surface area contributed by atoms with Gasteiger partial charge in [0.25, 0.3) is 0 Å². The molecule has 0 spiro atoms. The second kappa shape index (κ2) is 7.07. The van der Waals surface area contributed by atoms with E-state index in [0.717, 1.165) is 25.7 Å². The summed E-state index contributed by atoms with van der Waals surface area (Å²) in [6.45, 7) is 4.06. The number of allylic oxidation sites excluding steroid dienone is 1. The molecular weight excluding hydrogens is 291 g/mol. The lowest BCUT2D eigenvalue weighted by Gasteiger charge is -2.09. The first-order valence-electron chi connectivity index (χ1n) is 7.29. The number of hydrogen-bond donors (Lipinski definition) is 0. The van der Waals surface area contributed by atoms with Gasteiger partial charge in [0.05, 0.1) is 17.3 Å². The van der Waals surface area contributed by atoms with Crippen LogP contribution in [0.25, 0.3) is 0 Å². The van der Waals surface area contributed by atoms with Crippen molar-refractivity contribution in [3.05, 3.63) is 36.7 Å². The van der Waals surface area contributed by atoms with Crippen molar-refractivity contribution in [3.8, 4) is 5.75 Å². The van der Waals surface area contributed by atoms with E-state index in [-0.39, 0.29) is 16.4 Å². The lowest BCUT2D eigenvalue weighted by atomic mass is 10.2. The van der Waals surface area contributed by atoms with E-state index < -0.39 is 15.7 Å². The van der Waals surface area contributed by atoms with Gasteiger partial charge in [0.1, 0.15) is 0 Å². The summed E-state index contributed by atoms with van der Waals surface area (Å²) in [5, 5.41) is 0. The topological polar surface area (TPSA) is 43.4 Å². The third-order valence-electron chi connectivity index (χ3n) is 3.50. The number of halogens is 1. The fourth-order valence-electron chi connectivity index (χ4n) is 1.98. The zero-order valence-electron chi connectivity index (χ0n) is 12.1. The third kappa shape index (κ3) is 4.84. The molecule has 21 heavy (non-hydrogen) atoms. The number of benzene rings is 1. The highest BCUT2D eigenvalue weighted by molar-refractivity contribution is 7.91. The Kier molecular flexibility index (Phi) is 5.39. The van der Waals surface area contributed by atoms with E-state index in [0.29, 0.717) is 18.9 Å². The monoisotopic (exact) mass is 312 g/mol. The molecule has 3 nitrogen and oxygen atoms in total. The molecule has 1 saturated carbocycles. The molecule has 2 rings (SSSR count). The highest BCUT2D eigenvalue weighted by Gasteiger charge is 2.23. The first-order valence-corrected chi connectivity index (χ1v) is 8.94. The molecule has 0 amide bonds. The van der Waals surface area contributed by atoms with Crippen LogP contribution < -0.4 is 4.74 Å². The molecule has 0 radical (unpaired) electrons. The Hall–Kier alpha value is -1.36. The van der Waals surface area contributed by atoms with Gasteiger partial charge < -0.3 is 4.74 Å². The molecule has 0 aliphatic heterocycles. The van der Waals surface area contributed by atoms with Crippen LogP contribution in [-0.4, -0.2) is 20.8 Å². The predicted octanol–water partition coefficient (Wildman–Crippen LogP) is 3.74. The number of hydrogen-bond acceptors (Lipinski definition) is 3. The average molecular weight is 312 g/mol. The highest BCUT2D eigenvalue weighted by atomic mass is 32.2. The van der Waals surface area contributed by atoms with Crippen LogP contribution in [0.4, 0.5) is 4.39 Å². The third-order valence-corrected chi connectivity index (χ3v) is 5.30. The van der Waals surface area contributed by atoms with Gasteiger partial charge in [-0.25, -0.2) is 12.8 Å². The fourth-order valence-corrected chi connectivity index (χ4v) is 3.36. The van der Waals surface area contributed by atoms with Crippen molar-refractivity contribution in [1.29, 1.82) is 0 Å². The SMILES string of the molecule is C=CCCCCS(=O)(=O)c1ccc(F)c(OCC2CC2)c1. The van der Waals surface area contributed by atoms with Crippen LogP contribution in [0.1, 0.15) is 32.1 Å². The summed E-state index contributed by atoms with van der Waals surface area (Å²) < 4.78 is 43.4. The Morgan fingerprint density at radius 3 is 2.76 bits per heavy atom. The van der Waals surface area contributed by atoms with Crippen molar-refractivity contribution in [1.82, 2.24) is 0 Å². The Morgan fingerprint density at radius 2 is 2.10 bits per heavy atom. The van der Waals surface area contributed by atoms with Gasteiger partial charge in [0.2, 0.25) is 0 Å². The predicted molar refractivity (Wildman–Crippen MR) is 80.7 cm³/mol. The maximum Gasteiger partial charge on any atom is 0.178 e. The Labute approximate surface area is 125 Å². The molecule has 116 valence electrons. The minimum absolute atomic E-state index is 0.0362. The molecular formula is C16H21FO3S. The van der Waals surface area contributed by atoms with Crippen LogP contribution in [0.5, 0.6) is 5.75 Å². The molecule has 0 heterocycles. The number of sulfone groups is 1. The Bertz CT molecular complexity index is 592. The molecule has 1 fully saturated rings. The van der Waals surface area contributed by atoms with Gasteiger partial charge in [-0.1, -0.05) is 6.08 Å². The van der Waals surface area contributed by atoms with Gasteiger partial charge >= 0.3 is 0 Å². The molecule has 0 aromatic heterocycles. The second-order valence-electron chi connectivity index (χ2n) is 5.45. The summed E-state index contributed by atoms with van der Waals surface area (Å²) in [5.74, 6) is 0.0769. The molecule has 5 heteroatoms. The van der Waals surface area contributed by atoms with E-state index in [1.54, 1.807) is 6.08 Å². The van der Waals surface area contributed by atoms with Crippen LogP contribution in [0, 0.1) is 11.7 Å². The molecule has 0 saturated heterocycles. The van der Waals surface area contributed by atoms with Gasteiger partial charge in [-0.15, -0.1) is 6.58 Å². The number of ether oxygens (including phenoxy) is 1. The summed E-state index contributed by atoms with van der Waals surface area (Å²) in [7, 11) is -3.38. The molecule has 1 aliphatic rings.